The normalized spacial score (nSPS) is 16.8. The van der Waals surface area contributed by atoms with Gasteiger partial charge in [-0.3, -0.25) is 14.5 Å². The van der Waals surface area contributed by atoms with E-state index < -0.39 is 0 Å². The van der Waals surface area contributed by atoms with E-state index in [1.807, 2.05) is 23.1 Å². The van der Waals surface area contributed by atoms with Crippen LogP contribution in [0, 0.1) is 11.8 Å². The van der Waals surface area contributed by atoms with Gasteiger partial charge in [-0.15, -0.1) is 0 Å². The van der Waals surface area contributed by atoms with E-state index >= 15 is 0 Å². The van der Waals surface area contributed by atoms with Crippen molar-refractivity contribution in [3.05, 3.63) is 35.9 Å². The van der Waals surface area contributed by atoms with E-state index in [9.17, 15) is 9.59 Å². The minimum atomic E-state index is 0.0256. The van der Waals surface area contributed by atoms with Crippen LogP contribution < -0.4 is 5.32 Å². The van der Waals surface area contributed by atoms with Gasteiger partial charge in [0.2, 0.25) is 11.8 Å². The molecule has 1 unspecified atom stereocenters. The van der Waals surface area contributed by atoms with Gasteiger partial charge in [-0.2, -0.15) is 0 Å². The van der Waals surface area contributed by atoms with Gasteiger partial charge in [0.15, 0.2) is 0 Å². The lowest BCUT2D eigenvalue weighted by Crippen LogP contribution is -2.51. The molecule has 0 aromatic heterocycles. The van der Waals surface area contributed by atoms with E-state index in [1.165, 1.54) is 0 Å². The molecular formula is C21H33N3O2. The average molecular weight is 360 g/mol. The Morgan fingerprint density at radius 2 is 1.62 bits per heavy atom. The summed E-state index contributed by atoms with van der Waals surface area (Å²) >= 11 is 0. The molecule has 1 aliphatic rings. The maximum absolute atomic E-state index is 12.5. The standard InChI is InChI=1S/C21H33N3O2/c1-16(2)14-20(26)24-12-10-23(11-13-24)15-19(25)22-21(17(3)4)18-8-6-5-7-9-18/h5-9,16-17,21H,10-15H2,1-4H3,(H,22,25). The van der Waals surface area contributed by atoms with Gasteiger partial charge < -0.3 is 10.2 Å². The lowest BCUT2D eigenvalue weighted by atomic mass is 9.96. The third-order valence-electron chi connectivity index (χ3n) is 4.82. The number of carbonyl (C=O) groups excluding carboxylic acids is 2. The van der Waals surface area contributed by atoms with Crippen molar-refractivity contribution in [2.45, 2.75) is 40.2 Å². The average Bonchev–Trinajstić information content (AvgIpc) is 2.60. The number of nitrogens with zero attached hydrogens (tertiary/aromatic N) is 2. The third kappa shape index (κ3) is 6.13. The summed E-state index contributed by atoms with van der Waals surface area (Å²) in [6.45, 7) is 11.7. The number of carbonyl (C=O) groups is 2. The fourth-order valence-corrected chi connectivity index (χ4v) is 3.35. The second-order valence-corrected chi connectivity index (χ2v) is 7.95. The van der Waals surface area contributed by atoms with Crippen LogP contribution in [0.2, 0.25) is 0 Å². The van der Waals surface area contributed by atoms with Crippen molar-refractivity contribution in [1.82, 2.24) is 15.1 Å². The fraction of sp³-hybridized carbons (Fsp3) is 0.619. The number of nitrogens with one attached hydrogen (secondary N) is 1. The van der Waals surface area contributed by atoms with Gasteiger partial charge in [-0.25, -0.2) is 0 Å². The van der Waals surface area contributed by atoms with Crippen LogP contribution in [0.5, 0.6) is 0 Å². The van der Waals surface area contributed by atoms with Crippen LogP contribution in [0.3, 0.4) is 0 Å². The van der Waals surface area contributed by atoms with Gasteiger partial charge in [0, 0.05) is 32.6 Å². The van der Waals surface area contributed by atoms with Crippen LogP contribution in [0.4, 0.5) is 0 Å². The molecule has 26 heavy (non-hydrogen) atoms. The van der Waals surface area contributed by atoms with Crippen molar-refractivity contribution >= 4 is 11.8 Å². The number of benzene rings is 1. The van der Waals surface area contributed by atoms with Gasteiger partial charge in [0.05, 0.1) is 12.6 Å². The number of hydrogen-bond acceptors (Lipinski definition) is 3. The predicted molar refractivity (Wildman–Crippen MR) is 105 cm³/mol. The molecule has 0 bridgehead atoms. The molecule has 1 aliphatic heterocycles. The Kier molecular flexibility index (Phi) is 7.64. The molecule has 1 aromatic rings. The number of hydrogen-bond donors (Lipinski definition) is 1. The largest absolute Gasteiger partial charge is 0.348 e. The molecule has 0 aliphatic carbocycles. The van der Waals surface area contributed by atoms with Crippen molar-refractivity contribution < 1.29 is 9.59 Å². The molecule has 1 atom stereocenters. The van der Waals surface area contributed by atoms with Gasteiger partial charge >= 0.3 is 0 Å². The second-order valence-electron chi connectivity index (χ2n) is 7.95. The quantitative estimate of drug-likeness (QED) is 0.814. The number of piperazine rings is 1. The summed E-state index contributed by atoms with van der Waals surface area (Å²) in [4.78, 5) is 28.7. The molecule has 1 aromatic carbocycles. The van der Waals surface area contributed by atoms with Crippen LogP contribution in [-0.2, 0) is 9.59 Å². The van der Waals surface area contributed by atoms with E-state index in [0.29, 0.717) is 37.9 Å². The lowest BCUT2D eigenvalue weighted by molar-refractivity contribution is -0.134. The molecule has 1 heterocycles. The van der Waals surface area contributed by atoms with Crippen molar-refractivity contribution in [3.8, 4) is 0 Å². The van der Waals surface area contributed by atoms with Crippen molar-refractivity contribution in [3.63, 3.8) is 0 Å². The molecule has 144 valence electrons. The lowest BCUT2D eigenvalue weighted by Gasteiger charge is -2.35. The molecule has 0 spiro atoms. The zero-order valence-corrected chi connectivity index (χ0v) is 16.6. The van der Waals surface area contributed by atoms with Crippen molar-refractivity contribution in [2.75, 3.05) is 32.7 Å². The minimum absolute atomic E-state index is 0.0256. The molecule has 1 saturated heterocycles. The molecule has 2 amide bonds. The van der Waals surface area contributed by atoms with Gasteiger partial charge in [-0.05, 0) is 17.4 Å². The maximum atomic E-state index is 12.5. The molecular weight excluding hydrogens is 326 g/mol. The highest BCUT2D eigenvalue weighted by Gasteiger charge is 2.24. The minimum Gasteiger partial charge on any atom is -0.348 e. The predicted octanol–water partition coefficient (Wildman–Crippen LogP) is 2.69. The molecule has 5 heteroatoms. The summed E-state index contributed by atoms with van der Waals surface area (Å²) < 4.78 is 0. The molecule has 0 radical (unpaired) electrons. The number of amides is 2. The van der Waals surface area contributed by atoms with E-state index in [2.05, 4.69) is 50.0 Å². The highest BCUT2D eigenvalue weighted by atomic mass is 16.2. The van der Waals surface area contributed by atoms with Crippen LogP contribution in [0.25, 0.3) is 0 Å². The van der Waals surface area contributed by atoms with Gasteiger partial charge in [0.1, 0.15) is 0 Å². The molecule has 0 saturated carbocycles. The van der Waals surface area contributed by atoms with E-state index in [1.54, 1.807) is 0 Å². The first-order valence-corrected chi connectivity index (χ1v) is 9.71. The van der Waals surface area contributed by atoms with Gasteiger partial charge in [-0.1, -0.05) is 58.0 Å². The summed E-state index contributed by atoms with van der Waals surface area (Å²) in [7, 11) is 0. The maximum Gasteiger partial charge on any atom is 0.234 e. The fourth-order valence-electron chi connectivity index (χ4n) is 3.35. The van der Waals surface area contributed by atoms with Crippen molar-refractivity contribution in [2.24, 2.45) is 11.8 Å². The summed E-state index contributed by atoms with van der Waals surface area (Å²) in [5.74, 6) is 0.992. The van der Waals surface area contributed by atoms with E-state index in [0.717, 1.165) is 18.7 Å². The molecule has 1 fully saturated rings. The van der Waals surface area contributed by atoms with Crippen LogP contribution in [0.15, 0.2) is 30.3 Å². The Bertz CT molecular complexity index is 578. The highest BCUT2D eigenvalue weighted by molar-refractivity contribution is 5.79. The molecule has 1 N–H and O–H groups in total. The third-order valence-corrected chi connectivity index (χ3v) is 4.82. The van der Waals surface area contributed by atoms with E-state index in [-0.39, 0.29) is 17.9 Å². The summed E-state index contributed by atoms with van der Waals surface area (Å²) in [5, 5.41) is 3.18. The Morgan fingerprint density at radius 3 is 2.15 bits per heavy atom. The van der Waals surface area contributed by atoms with Crippen LogP contribution >= 0.6 is 0 Å². The molecule has 5 nitrogen and oxygen atoms in total. The van der Waals surface area contributed by atoms with Gasteiger partial charge in [0.25, 0.3) is 0 Å². The van der Waals surface area contributed by atoms with E-state index in [4.69, 9.17) is 0 Å². The number of rotatable bonds is 7. The topological polar surface area (TPSA) is 52.7 Å². The second kappa shape index (κ2) is 9.72. The van der Waals surface area contributed by atoms with Crippen LogP contribution in [0.1, 0.15) is 45.7 Å². The Balaban J connectivity index is 1.82. The summed E-state index contributed by atoms with van der Waals surface area (Å²) in [5.41, 5.74) is 1.14. The van der Waals surface area contributed by atoms with Crippen molar-refractivity contribution in [1.29, 1.82) is 0 Å². The zero-order valence-electron chi connectivity index (χ0n) is 16.6. The monoisotopic (exact) mass is 359 g/mol. The Hall–Kier alpha value is -1.88. The zero-order chi connectivity index (χ0) is 19.1. The Morgan fingerprint density at radius 1 is 1.00 bits per heavy atom. The Labute approximate surface area is 157 Å². The highest BCUT2D eigenvalue weighted by Crippen LogP contribution is 2.21. The first-order chi connectivity index (χ1) is 12.4. The smallest absolute Gasteiger partial charge is 0.234 e. The summed E-state index contributed by atoms with van der Waals surface area (Å²) in [6.07, 6.45) is 0.605. The summed E-state index contributed by atoms with van der Waals surface area (Å²) in [6, 6.07) is 10.1. The SMILES string of the molecule is CC(C)CC(=O)N1CCN(CC(=O)NC(c2ccccc2)C(C)C)CC1. The first kappa shape index (κ1) is 20.4. The molecule has 2 rings (SSSR count). The first-order valence-electron chi connectivity index (χ1n) is 9.71. The van der Waals surface area contributed by atoms with Crippen LogP contribution in [-0.4, -0.2) is 54.3 Å².